The van der Waals surface area contributed by atoms with Gasteiger partial charge in [-0.2, -0.15) is 0 Å². The quantitative estimate of drug-likeness (QED) is 0.455. The standard InChI is InChI=1S/C14H10BF4N2O2S.K/c1-9-2-4-11(5-3-9)24(22,23)21-8-13(15(17,18)19)12-6-10(16)7-20-14(12)21;/h2-8H,1H3;/q-1;+1. The SMILES string of the molecule is Cc1ccc(S(=O)(=O)n2cc([B-](F)(F)F)c3cc(F)cnc32)cc1.[K+]. The van der Waals surface area contributed by atoms with Crippen molar-refractivity contribution in [2.45, 2.75) is 11.8 Å². The molecule has 0 radical (unpaired) electrons. The maximum atomic E-state index is 13.3. The number of nitrogens with zero attached hydrogens (tertiary/aromatic N) is 2. The zero-order chi connectivity index (χ0) is 17.7. The van der Waals surface area contributed by atoms with E-state index < -0.39 is 39.3 Å². The van der Waals surface area contributed by atoms with Crippen molar-refractivity contribution in [3.05, 3.63) is 54.1 Å². The van der Waals surface area contributed by atoms with Crippen LogP contribution >= 0.6 is 0 Å². The van der Waals surface area contributed by atoms with Gasteiger partial charge in [-0.3, -0.25) is 0 Å². The molecule has 0 aliphatic carbocycles. The first kappa shape index (κ1) is 20.6. The molecule has 3 rings (SSSR count). The fourth-order valence-electron chi connectivity index (χ4n) is 2.34. The predicted molar refractivity (Wildman–Crippen MR) is 82.2 cm³/mol. The molecule has 0 bridgehead atoms. The van der Waals surface area contributed by atoms with Crippen LogP contribution in [-0.2, 0) is 10.0 Å². The Morgan fingerprint density at radius 2 is 1.72 bits per heavy atom. The first-order chi connectivity index (χ1) is 11.1. The summed E-state index contributed by atoms with van der Waals surface area (Å²) in [6, 6.07) is 6.27. The van der Waals surface area contributed by atoms with E-state index in [-0.39, 0.29) is 56.3 Å². The maximum Gasteiger partial charge on any atom is 1.00 e. The Morgan fingerprint density at radius 1 is 1.12 bits per heavy atom. The molecule has 0 aliphatic rings. The summed E-state index contributed by atoms with van der Waals surface area (Å²) in [6.45, 7) is -3.79. The molecule has 0 saturated carbocycles. The summed E-state index contributed by atoms with van der Waals surface area (Å²) in [4.78, 5) is 3.36. The number of aromatic nitrogens is 2. The van der Waals surface area contributed by atoms with Crippen molar-refractivity contribution >= 4 is 33.5 Å². The number of fused-ring (bicyclic) bond motifs is 1. The van der Waals surface area contributed by atoms with Gasteiger partial charge in [-0.15, -0.1) is 0 Å². The monoisotopic (exact) mass is 396 g/mol. The normalized spacial score (nSPS) is 12.2. The Morgan fingerprint density at radius 3 is 2.28 bits per heavy atom. The van der Waals surface area contributed by atoms with Gasteiger partial charge in [0.15, 0.2) is 5.65 Å². The second kappa shape index (κ2) is 7.12. The fraction of sp³-hybridized carbons (Fsp3) is 0.0714. The molecular formula is C14H10BF4KN2O2S. The van der Waals surface area contributed by atoms with Crippen molar-refractivity contribution in [3.8, 4) is 0 Å². The number of pyridine rings is 1. The number of aryl methyl sites for hydroxylation is 1. The molecule has 2 heterocycles. The zero-order valence-corrected chi connectivity index (χ0v) is 17.2. The van der Waals surface area contributed by atoms with Crippen LogP contribution < -0.4 is 56.8 Å². The summed E-state index contributed by atoms with van der Waals surface area (Å²) in [7, 11) is -4.29. The summed E-state index contributed by atoms with van der Waals surface area (Å²) in [5.74, 6) is -0.978. The number of hydrogen-bond acceptors (Lipinski definition) is 3. The molecule has 1 aromatic carbocycles. The van der Waals surface area contributed by atoms with Gasteiger partial charge in [0.25, 0.3) is 10.0 Å². The van der Waals surface area contributed by atoms with E-state index in [2.05, 4.69) is 4.98 Å². The van der Waals surface area contributed by atoms with Crippen molar-refractivity contribution < 1.29 is 77.1 Å². The van der Waals surface area contributed by atoms with Crippen molar-refractivity contribution in [3.63, 3.8) is 0 Å². The Hall–Kier alpha value is -0.719. The van der Waals surface area contributed by atoms with Gasteiger partial charge >= 0.3 is 58.4 Å². The third-order valence-corrected chi connectivity index (χ3v) is 5.20. The van der Waals surface area contributed by atoms with Crippen molar-refractivity contribution in [1.82, 2.24) is 8.96 Å². The van der Waals surface area contributed by atoms with Gasteiger partial charge in [0, 0.05) is 0 Å². The second-order valence-corrected chi connectivity index (χ2v) is 7.11. The maximum absolute atomic E-state index is 13.3. The first-order valence-corrected chi connectivity index (χ1v) is 8.23. The Balaban J connectivity index is 0.00000225. The Bertz CT molecular complexity index is 1030. The molecule has 3 aromatic rings. The van der Waals surface area contributed by atoms with Gasteiger partial charge in [0.1, 0.15) is 5.82 Å². The van der Waals surface area contributed by atoms with Crippen LogP contribution in [0.5, 0.6) is 0 Å². The Kier molecular flexibility index (Phi) is 5.87. The molecule has 0 saturated heterocycles. The molecule has 0 fully saturated rings. The van der Waals surface area contributed by atoms with Gasteiger partial charge in [-0.05, 0) is 36.7 Å². The van der Waals surface area contributed by atoms with E-state index in [1.54, 1.807) is 6.92 Å². The van der Waals surface area contributed by atoms with Crippen LogP contribution in [0.25, 0.3) is 11.0 Å². The van der Waals surface area contributed by atoms with E-state index >= 15 is 0 Å². The third kappa shape index (κ3) is 3.86. The third-order valence-electron chi connectivity index (χ3n) is 3.54. The molecule has 0 unspecified atom stereocenters. The average molecular weight is 396 g/mol. The minimum absolute atomic E-state index is 0. The summed E-state index contributed by atoms with van der Waals surface area (Å²) < 4.78 is 78.7. The zero-order valence-electron chi connectivity index (χ0n) is 13.2. The topological polar surface area (TPSA) is 52.0 Å². The molecule has 0 atom stereocenters. The van der Waals surface area contributed by atoms with Crippen LogP contribution in [0.4, 0.5) is 17.3 Å². The van der Waals surface area contributed by atoms with E-state index in [9.17, 15) is 25.8 Å². The average Bonchev–Trinajstić information content (AvgIpc) is 2.87. The molecule has 0 amide bonds. The molecule has 11 heteroatoms. The predicted octanol–water partition coefficient (Wildman–Crippen LogP) is -0.221. The molecular weight excluding hydrogens is 386 g/mol. The first-order valence-electron chi connectivity index (χ1n) is 6.79. The van der Waals surface area contributed by atoms with Gasteiger partial charge in [-0.1, -0.05) is 23.2 Å². The van der Waals surface area contributed by atoms with Crippen LogP contribution in [0.15, 0.2) is 47.6 Å². The van der Waals surface area contributed by atoms with Crippen LogP contribution in [-0.4, -0.2) is 24.4 Å². The van der Waals surface area contributed by atoms with E-state index in [0.717, 1.165) is 5.56 Å². The van der Waals surface area contributed by atoms with Crippen molar-refractivity contribution in [1.29, 1.82) is 0 Å². The largest absolute Gasteiger partial charge is 1.00 e. The molecule has 0 N–H and O–H groups in total. The second-order valence-electron chi connectivity index (χ2n) is 5.30. The van der Waals surface area contributed by atoms with Crippen molar-refractivity contribution in [2.75, 3.05) is 0 Å². The van der Waals surface area contributed by atoms with Crippen molar-refractivity contribution in [2.24, 2.45) is 0 Å². The molecule has 0 aliphatic heterocycles. The molecule has 25 heavy (non-hydrogen) atoms. The van der Waals surface area contributed by atoms with Gasteiger partial charge in [0.2, 0.25) is 0 Å². The van der Waals surface area contributed by atoms with E-state index in [0.29, 0.717) is 22.4 Å². The van der Waals surface area contributed by atoms with Crippen LogP contribution in [0.3, 0.4) is 0 Å². The molecule has 0 spiro atoms. The van der Waals surface area contributed by atoms with Crippen LogP contribution in [0.1, 0.15) is 5.56 Å². The van der Waals surface area contributed by atoms with E-state index in [1.807, 2.05) is 0 Å². The van der Waals surface area contributed by atoms with E-state index in [1.165, 1.54) is 24.3 Å². The summed E-state index contributed by atoms with van der Waals surface area (Å²) in [5, 5.41) is -0.585. The number of hydrogen-bond donors (Lipinski definition) is 0. The van der Waals surface area contributed by atoms with Gasteiger partial charge in [-0.25, -0.2) is 21.8 Å². The van der Waals surface area contributed by atoms with Crippen LogP contribution in [0.2, 0.25) is 0 Å². The smallest absolute Gasteiger partial charge is 0.445 e. The van der Waals surface area contributed by atoms with E-state index in [4.69, 9.17) is 0 Å². The number of benzene rings is 1. The molecule has 126 valence electrons. The molecule has 2 aromatic heterocycles. The number of halogens is 4. The minimum atomic E-state index is -5.54. The minimum Gasteiger partial charge on any atom is -0.445 e. The van der Waals surface area contributed by atoms with Crippen LogP contribution in [0, 0.1) is 12.7 Å². The van der Waals surface area contributed by atoms with Gasteiger partial charge in [0.05, 0.1) is 11.1 Å². The summed E-state index contributed by atoms with van der Waals surface area (Å²) >= 11 is 0. The fourth-order valence-corrected chi connectivity index (χ4v) is 3.68. The molecule has 4 nitrogen and oxygen atoms in total. The Labute approximate surface area is 183 Å². The van der Waals surface area contributed by atoms with Gasteiger partial charge < -0.3 is 12.9 Å². The summed E-state index contributed by atoms with van der Waals surface area (Å²) in [5.41, 5.74) is -0.871. The number of rotatable bonds is 3. The summed E-state index contributed by atoms with van der Waals surface area (Å²) in [6.07, 6.45) is 1.13.